The van der Waals surface area contributed by atoms with Gasteiger partial charge in [-0.25, -0.2) is 4.98 Å². The second-order valence-electron chi connectivity index (χ2n) is 3.49. The molecule has 0 aliphatic carbocycles. The molecule has 0 radical (unpaired) electrons. The van der Waals surface area contributed by atoms with Gasteiger partial charge in [0.1, 0.15) is 5.15 Å². The normalized spacial score (nSPS) is 12.6. The summed E-state index contributed by atoms with van der Waals surface area (Å²) >= 11 is 5.75. The van der Waals surface area contributed by atoms with E-state index in [0.717, 1.165) is 17.9 Å². The molecule has 0 bridgehead atoms. The number of nitrogens with two attached hydrogens (primary N) is 1. The van der Waals surface area contributed by atoms with Crippen LogP contribution in [0.4, 0.5) is 5.69 Å². The Kier molecular flexibility index (Phi) is 4.17. The highest BCUT2D eigenvalue weighted by Gasteiger charge is 2.02. The van der Waals surface area contributed by atoms with Crippen molar-refractivity contribution in [3.8, 4) is 0 Å². The average molecular weight is 214 g/mol. The Morgan fingerprint density at radius 1 is 1.57 bits per heavy atom. The first-order valence-electron chi connectivity index (χ1n) is 4.70. The van der Waals surface area contributed by atoms with E-state index < -0.39 is 0 Å². The molecule has 0 spiro atoms. The summed E-state index contributed by atoms with van der Waals surface area (Å²) in [5.41, 5.74) is 7.46. The molecule has 0 amide bonds. The monoisotopic (exact) mass is 213 g/mol. The zero-order chi connectivity index (χ0) is 10.6. The number of aryl methyl sites for hydroxylation is 1. The summed E-state index contributed by atoms with van der Waals surface area (Å²) in [5.74, 6) is 0.463. The van der Waals surface area contributed by atoms with Gasteiger partial charge in [0.25, 0.3) is 0 Å². The van der Waals surface area contributed by atoms with E-state index in [1.165, 1.54) is 0 Å². The first kappa shape index (κ1) is 11.3. The van der Waals surface area contributed by atoms with Crippen LogP contribution in [-0.2, 0) is 0 Å². The highest BCUT2D eigenvalue weighted by molar-refractivity contribution is 6.29. The van der Waals surface area contributed by atoms with E-state index in [1.54, 1.807) is 6.07 Å². The van der Waals surface area contributed by atoms with Crippen LogP contribution in [0.1, 0.15) is 12.6 Å². The Labute approximate surface area is 89.7 Å². The van der Waals surface area contributed by atoms with Crippen LogP contribution in [0.3, 0.4) is 0 Å². The highest BCUT2D eigenvalue weighted by Crippen LogP contribution is 2.15. The summed E-state index contributed by atoms with van der Waals surface area (Å²) in [7, 11) is 0. The lowest BCUT2D eigenvalue weighted by Crippen LogP contribution is -2.20. The fraction of sp³-hybridized carbons (Fsp3) is 0.500. The zero-order valence-electron chi connectivity index (χ0n) is 8.55. The van der Waals surface area contributed by atoms with E-state index in [4.69, 9.17) is 17.3 Å². The molecular formula is C10H16ClN3. The Hall–Kier alpha value is -0.800. The van der Waals surface area contributed by atoms with Crippen molar-refractivity contribution in [2.24, 2.45) is 11.7 Å². The minimum Gasteiger partial charge on any atom is -0.383 e. The van der Waals surface area contributed by atoms with Gasteiger partial charge in [-0.3, -0.25) is 0 Å². The topological polar surface area (TPSA) is 50.9 Å². The molecule has 0 saturated heterocycles. The lowest BCUT2D eigenvalue weighted by molar-refractivity contribution is 0.628. The number of hydrogen-bond acceptors (Lipinski definition) is 3. The van der Waals surface area contributed by atoms with Gasteiger partial charge >= 0.3 is 0 Å². The average Bonchev–Trinajstić information content (AvgIpc) is 2.16. The molecule has 1 rings (SSSR count). The van der Waals surface area contributed by atoms with E-state index in [1.807, 2.05) is 13.0 Å². The van der Waals surface area contributed by atoms with Gasteiger partial charge in [0.05, 0.1) is 11.4 Å². The van der Waals surface area contributed by atoms with Crippen LogP contribution < -0.4 is 11.1 Å². The molecule has 1 aromatic rings. The molecule has 0 saturated carbocycles. The zero-order valence-corrected chi connectivity index (χ0v) is 9.30. The third-order valence-corrected chi connectivity index (χ3v) is 2.31. The van der Waals surface area contributed by atoms with Crippen LogP contribution in [0.25, 0.3) is 0 Å². The van der Waals surface area contributed by atoms with Gasteiger partial charge in [0.15, 0.2) is 0 Å². The second-order valence-corrected chi connectivity index (χ2v) is 3.88. The summed E-state index contributed by atoms with van der Waals surface area (Å²) in [6.07, 6.45) is 0. The first-order valence-corrected chi connectivity index (χ1v) is 5.08. The van der Waals surface area contributed by atoms with Crippen molar-refractivity contribution < 1.29 is 0 Å². The lowest BCUT2D eigenvalue weighted by atomic mass is 10.2. The van der Waals surface area contributed by atoms with Gasteiger partial charge < -0.3 is 11.1 Å². The van der Waals surface area contributed by atoms with E-state index in [0.29, 0.717) is 17.6 Å². The van der Waals surface area contributed by atoms with Crippen molar-refractivity contribution in [3.63, 3.8) is 0 Å². The van der Waals surface area contributed by atoms with Crippen molar-refractivity contribution in [2.75, 3.05) is 18.4 Å². The Balaban J connectivity index is 2.59. The van der Waals surface area contributed by atoms with Gasteiger partial charge in [-0.2, -0.15) is 0 Å². The summed E-state index contributed by atoms with van der Waals surface area (Å²) < 4.78 is 0. The molecule has 1 unspecified atom stereocenters. The van der Waals surface area contributed by atoms with Crippen molar-refractivity contribution in [1.82, 2.24) is 4.98 Å². The maximum absolute atomic E-state index is 5.75. The number of rotatable bonds is 4. The third-order valence-electron chi connectivity index (χ3n) is 2.10. The van der Waals surface area contributed by atoms with Crippen LogP contribution in [0.2, 0.25) is 5.15 Å². The molecule has 0 aromatic carbocycles. The molecule has 0 aliphatic rings. The van der Waals surface area contributed by atoms with Crippen molar-refractivity contribution in [1.29, 1.82) is 0 Å². The van der Waals surface area contributed by atoms with E-state index in [2.05, 4.69) is 17.2 Å². The number of aromatic nitrogens is 1. The largest absolute Gasteiger partial charge is 0.383 e. The van der Waals surface area contributed by atoms with Gasteiger partial charge in [-0.05, 0) is 31.5 Å². The molecule has 3 nitrogen and oxygen atoms in total. The maximum Gasteiger partial charge on any atom is 0.129 e. The van der Waals surface area contributed by atoms with Crippen LogP contribution in [0.5, 0.6) is 0 Å². The fourth-order valence-electron chi connectivity index (χ4n) is 1.08. The molecule has 1 heterocycles. The first-order chi connectivity index (χ1) is 6.63. The minimum atomic E-state index is 0.463. The summed E-state index contributed by atoms with van der Waals surface area (Å²) in [4.78, 5) is 4.15. The standard InChI is InChI=1S/C10H16ClN3/c1-7(5-12)6-13-9-3-4-10(11)14-8(9)2/h3-4,7,13H,5-6,12H2,1-2H3. The van der Waals surface area contributed by atoms with Crippen LogP contribution >= 0.6 is 11.6 Å². The molecule has 1 atom stereocenters. The molecule has 3 N–H and O–H groups in total. The van der Waals surface area contributed by atoms with Gasteiger partial charge in [-0.15, -0.1) is 0 Å². The van der Waals surface area contributed by atoms with Gasteiger partial charge in [0.2, 0.25) is 0 Å². The molecule has 14 heavy (non-hydrogen) atoms. The number of hydrogen-bond donors (Lipinski definition) is 2. The SMILES string of the molecule is Cc1nc(Cl)ccc1NCC(C)CN. The predicted octanol–water partition coefficient (Wildman–Crippen LogP) is 2.05. The molecule has 1 aromatic heterocycles. The Morgan fingerprint density at radius 2 is 2.29 bits per heavy atom. The van der Waals surface area contributed by atoms with Gasteiger partial charge in [0, 0.05) is 6.54 Å². The van der Waals surface area contributed by atoms with Crippen LogP contribution in [0, 0.1) is 12.8 Å². The lowest BCUT2D eigenvalue weighted by Gasteiger charge is -2.12. The summed E-state index contributed by atoms with van der Waals surface area (Å²) in [6, 6.07) is 3.72. The van der Waals surface area contributed by atoms with E-state index in [9.17, 15) is 0 Å². The molecule has 4 heteroatoms. The summed E-state index contributed by atoms with van der Waals surface area (Å²) in [6.45, 7) is 5.58. The van der Waals surface area contributed by atoms with Crippen LogP contribution in [-0.4, -0.2) is 18.1 Å². The fourth-order valence-corrected chi connectivity index (χ4v) is 1.27. The van der Waals surface area contributed by atoms with Crippen molar-refractivity contribution in [3.05, 3.63) is 23.0 Å². The molecular weight excluding hydrogens is 198 g/mol. The summed E-state index contributed by atoms with van der Waals surface area (Å²) in [5, 5.41) is 3.82. The number of anilines is 1. The third kappa shape index (κ3) is 3.16. The van der Waals surface area contributed by atoms with Crippen molar-refractivity contribution in [2.45, 2.75) is 13.8 Å². The van der Waals surface area contributed by atoms with Crippen LogP contribution in [0.15, 0.2) is 12.1 Å². The van der Waals surface area contributed by atoms with E-state index >= 15 is 0 Å². The number of halogens is 1. The molecule has 0 fully saturated rings. The number of pyridine rings is 1. The van der Waals surface area contributed by atoms with Gasteiger partial charge in [-0.1, -0.05) is 18.5 Å². The second kappa shape index (κ2) is 5.17. The Morgan fingerprint density at radius 3 is 2.86 bits per heavy atom. The highest BCUT2D eigenvalue weighted by atomic mass is 35.5. The number of nitrogens with zero attached hydrogens (tertiary/aromatic N) is 1. The maximum atomic E-state index is 5.75. The smallest absolute Gasteiger partial charge is 0.129 e. The molecule has 0 aliphatic heterocycles. The number of nitrogens with one attached hydrogen (secondary N) is 1. The van der Waals surface area contributed by atoms with E-state index in [-0.39, 0.29) is 0 Å². The minimum absolute atomic E-state index is 0.463. The quantitative estimate of drug-likeness (QED) is 0.753. The Bertz CT molecular complexity index is 301. The predicted molar refractivity (Wildman–Crippen MR) is 60.7 cm³/mol. The van der Waals surface area contributed by atoms with Crippen molar-refractivity contribution >= 4 is 17.3 Å². The molecule has 78 valence electrons.